The molecule has 14 heteroatoms. The van der Waals surface area contributed by atoms with Crippen molar-refractivity contribution in [2.45, 2.75) is 12.3 Å². The van der Waals surface area contributed by atoms with Crippen LogP contribution in [-0.4, -0.2) is 40.4 Å². The van der Waals surface area contributed by atoms with Gasteiger partial charge in [0.05, 0.1) is 28.4 Å². The van der Waals surface area contributed by atoms with Crippen LogP contribution in [0.5, 0.6) is 0 Å². The summed E-state index contributed by atoms with van der Waals surface area (Å²) in [6, 6.07) is 0.744. The molecule has 0 radical (unpaired) electrons. The number of nitrogens with one attached hydrogen (secondary N) is 2. The van der Waals surface area contributed by atoms with E-state index >= 15 is 0 Å². The number of carbonyl (C=O) groups excluding carboxylic acids is 1. The average Bonchev–Trinajstić information content (AvgIpc) is 2.68. The Hall–Kier alpha value is -2.61. The van der Waals surface area contributed by atoms with E-state index in [4.69, 9.17) is 21.8 Å². The summed E-state index contributed by atoms with van der Waals surface area (Å²) in [5.74, 6) is -7.50. The molecule has 0 aliphatic heterocycles. The first-order valence-corrected chi connectivity index (χ1v) is 8.21. The molecule has 0 fully saturated rings. The summed E-state index contributed by atoms with van der Waals surface area (Å²) in [6.07, 6.45) is -5.80. The second kappa shape index (κ2) is 9.47. The van der Waals surface area contributed by atoms with Gasteiger partial charge in [0.15, 0.2) is 17.5 Å². The van der Waals surface area contributed by atoms with Crippen molar-refractivity contribution in [1.29, 1.82) is 0 Å². The molecule has 2 rings (SSSR count). The summed E-state index contributed by atoms with van der Waals surface area (Å²) in [5.41, 5.74) is -1.38. The fourth-order valence-electron chi connectivity index (χ4n) is 2.01. The zero-order valence-corrected chi connectivity index (χ0v) is 15.3. The molecule has 0 aliphatic rings. The van der Waals surface area contributed by atoms with Gasteiger partial charge >= 0.3 is 6.18 Å². The van der Waals surface area contributed by atoms with Crippen LogP contribution >= 0.6 is 11.6 Å². The molecule has 7 nitrogen and oxygen atoms in total. The van der Waals surface area contributed by atoms with E-state index in [0.29, 0.717) is 18.3 Å². The topological polar surface area (TPSA) is 104 Å². The van der Waals surface area contributed by atoms with E-state index in [1.54, 1.807) is 5.48 Å². The molecule has 0 saturated carbocycles. The van der Waals surface area contributed by atoms with Crippen LogP contribution < -0.4 is 10.8 Å². The Morgan fingerprint density at radius 1 is 1.23 bits per heavy atom. The minimum atomic E-state index is -4.77. The first-order chi connectivity index (χ1) is 14.0. The minimum absolute atomic E-state index is 0.292. The predicted octanol–water partition coefficient (Wildman–Crippen LogP) is 2.93. The zero-order valence-electron chi connectivity index (χ0n) is 14.5. The number of hydrogen-bond donors (Lipinski definition) is 4. The van der Waals surface area contributed by atoms with Crippen LogP contribution in [0.1, 0.15) is 15.9 Å². The number of aliphatic hydroxyl groups is 2. The molecule has 1 aromatic heterocycles. The number of rotatable bonds is 7. The molecule has 0 aliphatic carbocycles. The largest absolute Gasteiger partial charge is 0.417 e. The third-order valence-corrected chi connectivity index (χ3v) is 3.76. The second-order valence-corrected chi connectivity index (χ2v) is 6.07. The summed E-state index contributed by atoms with van der Waals surface area (Å²) >= 11 is 5.68. The van der Waals surface area contributed by atoms with E-state index in [1.807, 2.05) is 5.32 Å². The van der Waals surface area contributed by atoms with Crippen LogP contribution in [0.3, 0.4) is 0 Å². The summed E-state index contributed by atoms with van der Waals surface area (Å²) in [5, 5.41) is 19.2. The van der Waals surface area contributed by atoms with Crippen LogP contribution in [0.2, 0.25) is 5.02 Å². The van der Waals surface area contributed by atoms with Gasteiger partial charge < -0.3 is 15.5 Å². The zero-order chi connectivity index (χ0) is 22.6. The monoisotopic (exact) mass is 459 g/mol. The number of aromatic nitrogens is 1. The molecule has 1 heterocycles. The quantitative estimate of drug-likeness (QED) is 0.288. The first-order valence-electron chi connectivity index (χ1n) is 7.84. The third-order valence-electron chi connectivity index (χ3n) is 3.47. The predicted molar refractivity (Wildman–Crippen MR) is 90.4 cm³/mol. The van der Waals surface area contributed by atoms with Gasteiger partial charge in [-0.3, -0.25) is 9.63 Å². The van der Waals surface area contributed by atoms with Crippen molar-refractivity contribution in [1.82, 2.24) is 10.5 Å². The SMILES string of the molecule is O=C(NOCC(O)CO)c1cc(F)c(F)c(F)c1Nc1ncc(C(F)(F)F)cc1Cl. The molecular weight excluding hydrogens is 448 g/mol. The van der Waals surface area contributed by atoms with Crippen molar-refractivity contribution in [3.05, 3.63) is 51.9 Å². The molecule has 1 aromatic carbocycles. The van der Waals surface area contributed by atoms with Crippen molar-refractivity contribution >= 4 is 29.0 Å². The highest BCUT2D eigenvalue weighted by molar-refractivity contribution is 6.33. The highest BCUT2D eigenvalue weighted by Crippen LogP contribution is 2.35. The van der Waals surface area contributed by atoms with Crippen LogP contribution in [0.4, 0.5) is 37.8 Å². The molecule has 1 unspecified atom stereocenters. The minimum Gasteiger partial charge on any atom is -0.394 e. The van der Waals surface area contributed by atoms with Gasteiger partial charge in [-0.25, -0.2) is 23.6 Å². The van der Waals surface area contributed by atoms with Gasteiger partial charge in [0.1, 0.15) is 18.5 Å². The molecule has 1 atom stereocenters. The smallest absolute Gasteiger partial charge is 0.394 e. The number of hydrogen-bond acceptors (Lipinski definition) is 6. The molecular formula is C16H12ClF6N3O4. The highest BCUT2D eigenvalue weighted by Gasteiger charge is 2.32. The van der Waals surface area contributed by atoms with Crippen LogP contribution in [-0.2, 0) is 11.0 Å². The Kier molecular flexibility index (Phi) is 7.47. The van der Waals surface area contributed by atoms with Gasteiger partial charge in [0.2, 0.25) is 0 Å². The number of aliphatic hydroxyl groups excluding tert-OH is 2. The fourth-order valence-corrected chi connectivity index (χ4v) is 2.22. The molecule has 0 saturated heterocycles. The van der Waals surface area contributed by atoms with Gasteiger partial charge in [-0.1, -0.05) is 11.6 Å². The van der Waals surface area contributed by atoms with Crippen molar-refractivity contribution in [2.75, 3.05) is 18.5 Å². The number of hydroxylamine groups is 1. The maximum absolute atomic E-state index is 14.3. The lowest BCUT2D eigenvalue weighted by Crippen LogP contribution is -2.30. The number of nitrogens with zero attached hydrogens (tertiary/aromatic N) is 1. The molecule has 4 N–H and O–H groups in total. The lowest BCUT2D eigenvalue weighted by atomic mass is 10.1. The molecule has 0 spiro atoms. The Morgan fingerprint density at radius 3 is 2.47 bits per heavy atom. The van der Waals surface area contributed by atoms with Gasteiger partial charge in [-0.05, 0) is 12.1 Å². The van der Waals surface area contributed by atoms with Crippen molar-refractivity contribution in [3.63, 3.8) is 0 Å². The molecule has 0 bridgehead atoms. The summed E-state index contributed by atoms with van der Waals surface area (Å²) in [6.45, 7) is -1.30. The number of amides is 1. The van der Waals surface area contributed by atoms with E-state index in [-0.39, 0.29) is 0 Å². The van der Waals surface area contributed by atoms with Gasteiger partial charge in [0, 0.05) is 6.20 Å². The second-order valence-electron chi connectivity index (χ2n) is 5.66. The normalized spacial score (nSPS) is 12.6. The van der Waals surface area contributed by atoms with Gasteiger partial charge in [-0.15, -0.1) is 0 Å². The average molecular weight is 460 g/mol. The summed E-state index contributed by atoms with van der Waals surface area (Å²) in [7, 11) is 0. The Balaban J connectivity index is 2.37. The van der Waals surface area contributed by atoms with Crippen LogP contribution in [0.15, 0.2) is 18.3 Å². The fraction of sp³-hybridized carbons (Fsp3) is 0.250. The number of pyridine rings is 1. The van der Waals surface area contributed by atoms with E-state index in [1.165, 1.54) is 0 Å². The van der Waals surface area contributed by atoms with Crippen molar-refractivity contribution < 1.29 is 46.2 Å². The van der Waals surface area contributed by atoms with Gasteiger partial charge in [0.25, 0.3) is 5.91 Å². The summed E-state index contributed by atoms with van der Waals surface area (Å²) < 4.78 is 79.5. The lowest BCUT2D eigenvalue weighted by molar-refractivity contribution is -0.137. The molecule has 30 heavy (non-hydrogen) atoms. The third kappa shape index (κ3) is 5.50. The molecule has 2 aromatic rings. The Bertz CT molecular complexity index is 944. The maximum atomic E-state index is 14.3. The Morgan fingerprint density at radius 2 is 1.90 bits per heavy atom. The standard InChI is InChI=1S/C16H12ClF6N3O4/c17-9-1-6(16(21,22)23)3-24-14(9)25-13-8(2-10(18)11(19)12(13)20)15(29)26-30-5-7(28)4-27/h1-3,7,27-28H,4-5H2,(H,24,25)(H,26,29). The number of benzene rings is 1. The van der Waals surface area contributed by atoms with Gasteiger partial charge in [-0.2, -0.15) is 13.2 Å². The lowest BCUT2D eigenvalue weighted by Gasteiger charge is -2.15. The summed E-state index contributed by atoms with van der Waals surface area (Å²) in [4.78, 5) is 20.0. The van der Waals surface area contributed by atoms with E-state index < -0.39 is 76.5 Å². The highest BCUT2D eigenvalue weighted by atomic mass is 35.5. The van der Waals surface area contributed by atoms with Crippen molar-refractivity contribution in [2.24, 2.45) is 0 Å². The number of alkyl halides is 3. The van der Waals surface area contributed by atoms with Crippen molar-refractivity contribution in [3.8, 4) is 0 Å². The number of halogens is 7. The number of anilines is 2. The Labute approximate surface area is 169 Å². The van der Waals surface area contributed by atoms with E-state index in [9.17, 15) is 31.1 Å². The maximum Gasteiger partial charge on any atom is 0.417 e. The van der Waals surface area contributed by atoms with E-state index in [0.717, 1.165) is 0 Å². The first kappa shape index (κ1) is 23.7. The number of carbonyl (C=O) groups is 1. The van der Waals surface area contributed by atoms with Crippen LogP contribution in [0.25, 0.3) is 0 Å². The van der Waals surface area contributed by atoms with Crippen LogP contribution in [0, 0.1) is 17.5 Å². The molecule has 1 amide bonds. The molecule has 164 valence electrons. The van der Waals surface area contributed by atoms with E-state index in [2.05, 4.69) is 9.82 Å².